The summed E-state index contributed by atoms with van der Waals surface area (Å²) in [6, 6.07) is 1.70. The molecular formula is C37H56N10O11. The van der Waals surface area contributed by atoms with E-state index in [1.165, 1.54) is 30.0 Å². The molecule has 0 fully saturated rings. The second-order valence-electron chi connectivity index (χ2n) is 13.6. The van der Waals surface area contributed by atoms with E-state index in [1.807, 2.05) is 0 Å². The van der Waals surface area contributed by atoms with E-state index in [0.29, 0.717) is 25.1 Å². The SMILES string of the molecule is CNCCN(C)C(=O)OCc1ccc(NC(=O)[C@H](CCCNC(N)=O)NC(=O)C(NC(C)=O)C(C)C)cc1OCC(=O)NCCCNC(=O)CCN1C(=O)C=CC1=O. The maximum Gasteiger partial charge on any atom is 0.409 e. The number of hydrogen-bond acceptors (Lipinski definition) is 12. The third kappa shape index (κ3) is 17.7. The van der Waals surface area contributed by atoms with E-state index in [2.05, 4.69) is 37.2 Å². The number of nitrogens with two attached hydrogens (primary N) is 1. The Kier molecular flexibility index (Phi) is 20.7. The fourth-order valence-corrected chi connectivity index (χ4v) is 5.23. The number of amides is 10. The minimum atomic E-state index is -1.11. The van der Waals surface area contributed by atoms with E-state index in [4.69, 9.17) is 15.2 Å². The number of urea groups is 1. The van der Waals surface area contributed by atoms with Crippen LogP contribution in [-0.4, -0.2) is 135 Å². The number of ether oxygens (including phenoxy) is 2. The fourth-order valence-electron chi connectivity index (χ4n) is 5.23. The van der Waals surface area contributed by atoms with Gasteiger partial charge in [0.15, 0.2) is 6.61 Å². The standard InChI is InChI=1S/C37H56N10O11/c1-23(2)33(43-24(3)48)35(54)45-27(8-6-14-42-36(38)55)34(53)44-26-10-9-25(21-58-37(56)46(5)19-17-39-4)28(20-26)57-22-30(50)41-16-7-15-40-29(49)13-18-47-31(51)11-12-32(47)52/h9-12,20,23,27,33,39H,6-8,13-19,21-22H2,1-5H3,(H,40,49)(H,41,50)(H,43,48)(H,44,53)(H,45,54)(H3,38,42,55)/t27-,33?/m0/s1. The van der Waals surface area contributed by atoms with Gasteiger partial charge < -0.3 is 57.3 Å². The lowest BCUT2D eigenvalue weighted by atomic mass is 10.0. The number of likely N-dealkylation sites (N-methyl/N-ethyl adjacent to an activating group) is 2. The average molecular weight is 817 g/mol. The molecule has 2 atom stereocenters. The highest BCUT2D eigenvalue weighted by Crippen LogP contribution is 2.25. The van der Waals surface area contributed by atoms with Gasteiger partial charge in [0.2, 0.25) is 23.6 Å². The molecule has 2 rings (SSSR count). The molecule has 0 aliphatic carbocycles. The third-order valence-corrected chi connectivity index (χ3v) is 8.42. The first-order valence-corrected chi connectivity index (χ1v) is 18.8. The van der Waals surface area contributed by atoms with Crippen molar-refractivity contribution < 1.29 is 52.6 Å². The monoisotopic (exact) mass is 816 g/mol. The zero-order valence-corrected chi connectivity index (χ0v) is 33.6. The molecule has 58 heavy (non-hydrogen) atoms. The van der Waals surface area contributed by atoms with Crippen molar-refractivity contribution in [2.45, 2.75) is 65.1 Å². The Bertz CT molecular complexity index is 1650. The Morgan fingerprint density at radius 3 is 2.14 bits per heavy atom. The van der Waals surface area contributed by atoms with Crippen molar-refractivity contribution in [3.63, 3.8) is 0 Å². The summed E-state index contributed by atoms with van der Waals surface area (Å²) in [5, 5.41) is 18.7. The number of benzene rings is 1. The van der Waals surface area contributed by atoms with Gasteiger partial charge in [0, 0.05) is 89.1 Å². The highest BCUT2D eigenvalue weighted by Gasteiger charge is 2.29. The van der Waals surface area contributed by atoms with Crippen LogP contribution in [0.25, 0.3) is 0 Å². The molecule has 1 aliphatic rings. The van der Waals surface area contributed by atoms with Crippen LogP contribution in [-0.2, 0) is 44.9 Å². The van der Waals surface area contributed by atoms with Crippen LogP contribution in [0.3, 0.4) is 0 Å². The summed E-state index contributed by atoms with van der Waals surface area (Å²) in [7, 11) is 3.31. The van der Waals surface area contributed by atoms with E-state index >= 15 is 0 Å². The molecule has 9 N–H and O–H groups in total. The van der Waals surface area contributed by atoms with E-state index < -0.39 is 66.3 Å². The first-order chi connectivity index (χ1) is 27.5. The number of rotatable bonds is 25. The van der Waals surface area contributed by atoms with E-state index in [-0.39, 0.29) is 75.3 Å². The molecule has 0 saturated heterocycles. The van der Waals surface area contributed by atoms with Gasteiger partial charge in [-0.1, -0.05) is 13.8 Å². The lowest BCUT2D eigenvalue weighted by molar-refractivity contribution is -0.137. The third-order valence-electron chi connectivity index (χ3n) is 8.42. The first-order valence-electron chi connectivity index (χ1n) is 18.8. The zero-order chi connectivity index (χ0) is 43.2. The Labute approximate surface area is 336 Å². The normalized spacial score (nSPS) is 13.0. The molecule has 1 aliphatic heterocycles. The van der Waals surface area contributed by atoms with Crippen LogP contribution in [0.2, 0.25) is 0 Å². The topological polar surface area (TPSA) is 289 Å². The van der Waals surface area contributed by atoms with Gasteiger partial charge in [0.05, 0.1) is 0 Å². The molecule has 21 nitrogen and oxygen atoms in total. The van der Waals surface area contributed by atoms with Crippen molar-refractivity contribution in [3.8, 4) is 5.75 Å². The lowest BCUT2D eigenvalue weighted by Crippen LogP contribution is -2.54. The second-order valence-corrected chi connectivity index (χ2v) is 13.6. The number of carbonyl (C=O) groups excluding carboxylic acids is 9. The Morgan fingerprint density at radius 2 is 1.52 bits per heavy atom. The maximum atomic E-state index is 13.6. The Balaban J connectivity index is 2.11. The molecule has 320 valence electrons. The summed E-state index contributed by atoms with van der Waals surface area (Å²) in [5.41, 5.74) is 5.73. The summed E-state index contributed by atoms with van der Waals surface area (Å²) in [6.07, 6.45) is 2.32. The number of anilines is 1. The second kappa shape index (κ2) is 25.1. The molecule has 10 amide bonds. The highest BCUT2D eigenvalue weighted by molar-refractivity contribution is 6.13. The smallest absolute Gasteiger partial charge is 0.409 e. The van der Waals surface area contributed by atoms with Gasteiger partial charge in [0.25, 0.3) is 17.7 Å². The van der Waals surface area contributed by atoms with Crippen LogP contribution in [0.4, 0.5) is 15.3 Å². The molecule has 0 saturated carbocycles. The highest BCUT2D eigenvalue weighted by atomic mass is 16.6. The van der Waals surface area contributed by atoms with Crippen molar-refractivity contribution in [2.24, 2.45) is 11.7 Å². The van der Waals surface area contributed by atoms with Crippen molar-refractivity contribution in [2.75, 3.05) is 65.3 Å². The number of nitrogens with one attached hydrogen (secondary N) is 7. The van der Waals surface area contributed by atoms with Gasteiger partial charge in [-0.2, -0.15) is 0 Å². The number of imide groups is 1. The van der Waals surface area contributed by atoms with Crippen molar-refractivity contribution in [3.05, 3.63) is 35.9 Å². The summed E-state index contributed by atoms with van der Waals surface area (Å²) in [5.74, 6) is -3.67. The fraction of sp³-hybridized carbons (Fsp3) is 0.541. The summed E-state index contributed by atoms with van der Waals surface area (Å²) < 4.78 is 11.3. The lowest BCUT2D eigenvalue weighted by Gasteiger charge is -2.25. The minimum Gasteiger partial charge on any atom is -0.483 e. The van der Waals surface area contributed by atoms with Crippen molar-refractivity contribution in [1.82, 2.24) is 41.7 Å². The Hall–Kier alpha value is -6.25. The van der Waals surface area contributed by atoms with Crippen LogP contribution in [0, 0.1) is 5.92 Å². The van der Waals surface area contributed by atoms with Crippen LogP contribution in [0.5, 0.6) is 5.75 Å². The molecule has 0 bridgehead atoms. The minimum absolute atomic E-state index is 0.0460. The summed E-state index contributed by atoms with van der Waals surface area (Å²) >= 11 is 0. The summed E-state index contributed by atoms with van der Waals surface area (Å²) in [4.78, 5) is 113. The van der Waals surface area contributed by atoms with Crippen LogP contribution >= 0.6 is 0 Å². The maximum absolute atomic E-state index is 13.6. The number of hydrogen-bond donors (Lipinski definition) is 8. The number of nitrogens with zero attached hydrogens (tertiary/aromatic N) is 2. The van der Waals surface area contributed by atoms with Crippen LogP contribution in [0.15, 0.2) is 30.4 Å². The molecule has 0 radical (unpaired) electrons. The van der Waals surface area contributed by atoms with E-state index in [0.717, 1.165) is 17.1 Å². The van der Waals surface area contributed by atoms with Gasteiger partial charge in [-0.15, -0.1) is 0 Å². The van der Waals surface area contributed by atoms with Crippen LogP contribution in [0.1, 0.15) is 52.0 Å². The summed E-state index contributed by atoms with van der Waals surface area (Å²) in [6.45, 7) is 5.43. The largest absolute Gasteiger partial charge is 0.483 e. The quantitative estimate of drug-likeness (QED) is 0.0428. The Morgan fingerprint density at radius 1 is 0.862 bits per heavy atom. The number of carbonyl (C=O) groups is 9. The molecule has 1 unspecified atom stereocenters. The van der Waals surface area contributed by atoms with Gasteiger partial charge >= 0.3 is 12.1 Å². The molecule has 0 spiro atoms. The van der Waals surface area contributed by atoms with E-state index in [9.17, 15) is 43.2 Å². The predicted octanol–water partition coefficient (Wildman–Crippen LogP) is -1.18. The van der Waals surface area contributed by atoms with Gasteiger partial charge in [-0.3, -0.25) is 38.5 Å². The number of primary amides is 1. The molecule has 21 heteroatoms. The van der Waals surface area contributed by atoms with Gasteiger partial charge in [-0.25, -0.2) is 9.59 Å². The molecule has 1 aromatic rings. The van der Waals surface area contributed by atoms with Gasteiger partial charge in [-0.05, 0) is 44.4 Å². The average Bonchev–Trinajstić information content (AvgIpc) is 3.49. The predicted molar refractivity (Wildman–Crippen MR) is 210 cm³/mol. The van der Waals surface area contributed by atoms with Crippen LogP contribution < -0.4 is 47.7 Å². The van der Waals surface area contributed by atoms with Crippen molar-refractivity contribution in [1.29, 1.82) is 0 Å². The van der Waals surface area contributed by atoms with E-state index in [1.54, 1.807) is 27.9 Å². The first kappa shape index (κ1) is 47.9. The molecule has 1 heterocycles. The van der Waals surface area contributed by atoms with Crippen molar-refractivity contribution >= 4 is 59.2 Å². The molecule has 0 aromatic heterocycles. The molecular weight excluding hydrogens is 760 g/mol. The van der Waals surface area contributed by atoms with Gasteiger partial charge in [0.1, 0.15) is 24.4 Å². The molecule has 1 aromatic carbocycles. The zero-order valence-electron chi connectivity index (χ0n) is 33.6.